The highest BCUT2D eigenvalue weighted by molar-refractivity contribution is 7.10. The predicted octanol–water partition coefficient (Wildman–Crippen LogP) is 4.46. The van der Waals surface area contributed by atoms with Gasteiger partial charge in [0.25, 0.3) is 5.91 Å². The SMILES string of the molecule is O=C(COc1ccc(N2CCCC2=O)cc1)Nc1ccccc1N1CCc2sccc2C1. The van der Waals surface area contributed by atoms with Gasteiger partial charge in [-0.2, -0.15) is 0 Å². The molecule has 0 atom stereocenters. The number of rotatable bonds is 6. The van der Waals surface area contributed by atoms with Crippen LogP contribution < -0.4 is 19.9 Å². The number of para-hydroxylation sites is 2. The van der Waals surface area contributed by atoms with Crippen molar-refractivity contribution in [2.45, 2.75) is 25.8 Å². The number of ether oxygens (including phenoxy) is 1. The second-order valence-corrected chi connectivity index (χ2v) is 9.04. The first kappa shape index (κ1) is 20.6. The molecule has 2 aliphatic rings. The number of nitrogens with one attached hydrogen (secondary N) is 1. The molecule has 0 aliphatic carbocycles. The van der Waals surface area contributed by atoms with Gasteiger partial charge in [0.05, 0.1) is 11.4 Å². The molecule has 32 heavy (non-hydrogen) atoms. The molecular weight excluding hydrogens is 422 g/mol. The number of carbonyl (C=O) groups excluding carboxylic acids is 2. The molecule has 0 radical (unpaired) electrons. The summed E-state index contributed by atoms with van der Waals surface area (Å²) in [5, 5.41) is 5.15. The molecule has 164 valence electrons. The van der Waals surface area contributed by atoms with Crippen LogP contribution in [-0.4, -0.2) is 31.5 Å². The van der Waals surface area contributed by atoms with Crippen LogP contribution in [0, 0.1) is 0 Å². The van der Waals surface area contributed by atoms with Gasteiger partial charge in [-0.15, -0.1) is 11.3 Å². The normalized spacial score (nSPS) is 15.6. The highest BCUT2D eigenvalue weighted by Crippen LogP contribution is 2.32. The Morgan fingerprint density at radius 3 is 2.69 bits per heavy atom. The molecule has 2 aromatic carbocycles. The molecular formula is C25H25N3O3S. The maximum absolute atomic E-state index is 12.6. The Bertz CT molecular complexity index is 1130. The third-order valence-corrected chi connectivity index (χ3v) is 6.94. The summed E-state index contributed by atoms with van der Waals surface area (Å²) in [7, 11) is 0. The predicted molar refractivity (Wildman–Crippen MR) is 128 cm³/mol. The van der Waals surface area contributed by atoms with Crippen molar-refractivity contribution < 1.29 is 14.3 Å². The van der Waals surface area contributed by atoms with Crippen molar-refractivity contribution in [2.75, 3.05) is 34.8 Å². The van der Waals surface area contributed by atoms with Gasteiger partial charge in [0.15, 0.2) is 6.61 Å². The van der Waals surface area contributed by atoms with Gasteiger partial charge in [0, 0.05) is 36.6 Å². The van der Waals surface area contributed by atoms with Gasteiger partial charge in [0.1, 0.15) is 5.75 Å². The van der Waals surface area contributed by atoms with Gasteiger partial charge >= 0.3 is 0 Å². The summed E-state index contributed by atoms with van der Waals surface area (Å²) in [5.74, 6) is 0.551. The van der Waals surface area contributed by atoms with E-state index in [0.29, 0.717) is 12.2 Å². The molecule has 3 heterocycles. The van der Waals surface area contributed by atoms with Gasteiger partial charge in [-0.25, -0.2) is 0 Å². The van der Waals surface area contributed by atoms with Crippen LogP contribution in [0.1, 0.15) is 23.3 Å². The van der Waals surface area contributed by atoms with Gasteiger partial charge in [-0.1, -0.05) is 12.1 Å². The third-order valence-electron chi connectivity index (χ3n) is 5.92. The molecule has 0 bridgehead atoms. The van der Waals surface area contributed by atoms with Crippen molar-refractivity contribution in [3.8, 4) is 5.75 Å². The fourth-order valence-corrected chi connectivity index (χ4v) is 5.18. The first-order valence-electron chi connectivity index (χ1n) is 10.9. The van der Waals surface area contributed by atoms with E-state index in [1.54, 1.807) is 17.0 Å². The Morgan fingerprint density at radius 2 is 1.88 bits per heavy atom. The van der Waals surface area contributed by atoms with E-state index in [1.165, 1.54) is 10.4 Å². The van der Waals surface area contributed by atoms with Crippen LogP contribution in [0.2, 0.25) is 0 Å². The fraction of sp³-hybridized carbons (Fsp3) is 0.280. The Labute approximate surface area is 191 Å². The highest BCUT2D eigenvalue weighted by atomic mass is 32.1. The maximum Gasteiger partial charge on any atom is 0.262 e. The van der Waals surface area contributed by atoms with Gasteiger partial charge in [-0.05, 0) is 66.2 Å². The van der Waals surface area contributed by atoms with Crippen LogP contribution in [0.25, 0.3) is 0 Å². The number of hydrogen-bond donors (Lipinski definition) is 1. The quantitative estimate of drug-likeness (QED) is 0.606. The summed E-state index contributed by atoms with van der Waals surface area (Å²) in [5.41, 5.74) is 4.05. The van der Waals surface area contributed by atoms with Crippen molar-refractivity contribution in [1.29, 1.82) is 0 Å². The summed E-state index contributed by atoms with van der Waals surface area (Å²) >= 11 is 1.82. The molecule has 1 N–H and O–H groups in total. The molecule has 5 rings (SSSR count). The smallest absolute Gasteiger partial charge is 0.262 e. The van der Waals surface area contributed by atoms with E-state index in [9.17, 15) is 9.59 Å². The number of carbonyl (C=O) groups is 2. The number of hydrogen-bond acceptors (Lipinski definition) is 5. The summed E-state index contributed by atoms with van der Waals surface area (Å²) in [6.45, 7) is 2.47. The van der Waals surface area contributed by atoms with E-state index < -0.39 is 0 Å². The first-order valence-corrected chi connectivity index (χ1v) is 11.8. The Balaban J connectivity index is 1.19. The zero-order valence-corrected chi connectivity index (χ0v) is 18.6. The molecule has 1 aromatic heterocycles. The number of benzene rings is 2. The van der Waals surface area contributed by atoms with E-state index in [0.717, 1.165) is 49.5 Å². The van der Waals surface area contributed by atoms with Gasteiger partial charge in [0.2, 0.25) is 5.91 Å². The molecule has 2 amide bonds. The van der Waals surface area contributed by atoms with Crippen LogP contribution in [0.4, 0.5) is 17.1 Å². The summed E-state index contributed by atoms with van der Waals surface area (Å²) in [6.07, 6.45) is 2.52. The van der Waals surface area contributed by atoms with E-state index in [2.05, 4.69) is 21.7 Å². The van der Waals surface area contributed by atoms with Crippen molar-refractivity contribution >= 4 is 40.2 Å². The van der Waals surface area contributed by atoms with Gasteiger partial charge < -0.3 is 19.9 Å². The average molecular weight is 448 g/mol. The minimum absolute atomic E-state index is 0.0784. The molecule has 7 heteroatoms. The summed E-state index contributed by atoms with van der Waals surface area (Å²) < 4.78 is 5.68. The first-order chi connectivity index (χ1) is 15.7. The van der Waals surface area contributed by atoms with Gasteiger partial charge in [-0.3, -0.25) is 9.59 Å². The number of fused-ring (bicyclic) bond motifs is 1. The molecule has 3 aromatic rings. The topological polar surface area (TPSA) is 61.9 Å². The molecule has 1 fully saturated rings. The Kier molecular flexibility index (Phi) is 5.81. The Hall–Kier alpha value is -3.32. The number of amides is 2. The molecule has 6 nitrogen and oxygen atoms in total. The average Bonchev–Trinajstić information content (AvgIpc) is 3.46. The highest BCUT2D eigenvalue weighted by Gasteiger charge is 2.22. The maximum atomic E-state index is 12.6. The fourth-order valence-electron chi connectivity index (χ4n) is 4.29. The van der Waals surface area contributed by atoms with Crippen LogP contribution in [-0.2, 0) is 22.6 Å². The lowest BCUT2D eigenvalue weighted by molar-refractivity contribution is -0.118. The minimum Gasteiger partial charge on any atom is -0.484 e. The molecule has 0 saturated carbocycles. The number of nitrogens with zero attached hydrogens (tertiary/aromatic N) is 2. The summed E-state index contributed by atoms with van der Waals surface area (Å²) in [4.78, 5) is 30.0. The zero-order valence-electron chi connectivity index (χ0n) is 17.8. The number of thiophene rings is 1. The van der Waals surface area contributed by atoms with Crippen molar-refractivity contribution in [3.63, 3.8) is 0 Å². The monoisotopic (exact) mass is 447 g/mol. The molecule has 0 spiro atoms. The van der Waals surface area contributed by atoms with Crippen LogP contribution >= 0.6 is 11.3 Å². The van der Waals surface area contributed by atoms with Crippen molar-refractivity contribution in [3.05, 3.63) is 70.4 Å². The van der Waals surface area contributed by atoms with Crippen molar-refractivity contribution in [1.82, 2.24) is 0 Å². The number of anilines is 3. The lowest BCUT2D eigenvalue weighted by Crippen LogP contribution is -2.30. The molecule has 2 aliphatic heterocycles. The van der Waals surface area contributed by atoms with Crippen molar-refractivity contribution in [2.24, 2.45) is 0 Å². The molecule has 1 saturated heterocycles. The van der Waals surface area contributed by atoms with Crippen LogP contribution in [0.15, 0.2) is 60.0 Å². The lowest BCUT2D eigenvalue weighted by Gasteiger charge is -2.30. The second kappa shape index (κ2) is 9.04. The second-order valence-electron chi connectivity index (χ2n) is 8.04. The zero-order chi connectivity index (χ0) is 21.9. The standard InChI is InChI=1S/C25H25N3O3S/c29-24(17-31-20-9-7-19(8-10-20)28-13-3-6-25(28)30)26-21-4-1-2-5-22(21)27-14-11-23-18(16-27)12-15-32-23/h1-2,4-5,7-10,12,15H,3,6,11,13-14,16-17H2,(H,26,29). The third kappa shape index (κ3) is 4.34. The van der Waals surface area contributed by atoms with Crippen LogP contribution in [0.5, 0.6) is 5.75 Å². The summed E-state index contributed by atoms with van der Waals surface area (Å²) in [6, 6.07) is 17.4. The van der Waals surface area contributed by atoms with E-state index in [4.69, 9.17) is 4.74 Å². The van der Waals surface area contributed by atoms with E-state index >= 15 is 0 Å². The Morgan fingerprint density at radius 1 is 1.03 bits per heavy atom. The largest absolute Gasteiger partial charge is 0.484 e. The molecule has 0 unspecified atom stereocenters. The van der Waals surface area contributed by atoms with E-state index in [-0.39, 0.29) is 18.4 Å². The van der Waals surface area contributed by atoms with E-state index in [1.807, 2.05) is 47.7 Å². The minimum atomic E-state index is -0.204. The lowest BCUT2D eigenvalue weighted by atomic mass is 10.1. The van der Waals surface area contributed by atoms with Crippen LogP contribution in [0.3, 0.4) is 0 Å².